The molecule has 1 fully saturated rings. The summed E-state index contributed by atoms with van der Waals surface area (Å²) in [4.78, 5) is 0. The Balaban J connectivity index is 1.91. The van der Waals surface area contributed by atoms with Crippen molar-refractivity contribution in [3.63, 3.8) is 0 Å². The van der Waals surface area contributed by atoms with Gasteiger partial charge in [-0.3, -0.25) is 0 Å². The van der Waals surface area contributed by atoms with Crippen LogP contribution in [0.5, 0.6) is 0 Å². The predicted octanol–water partition coefficient (Wildman–Crippen LogP) is 5.44. The lowest BCUT2D eigenvalue weighted by molar-refractivity contribution is 0.378. The molecular weight excluding hydrogens is 304 g/mol. The van der Waals surface area contributed by atoms with Crippen LogP contribution in [0.15, 0.2) is 66.4 Å². The first-order valence-electron chi connectivity index (χ1n) is 8.84. The molecule has 3 atom stereocenters. The maximum Gasteiger partial charge on any atom is 0.168 e. The lowest BCUT2D eigenvalue weighted by Gasteiger charge is -2.33. The molecule has 1 saturated carbocycles. The third-order valence-corrected chi connectivity index (χ3v) is 5.50. The Morgan fingerprint density at radius 1 is 1.16 bits per heavy atom. The summed E-state index contributed by atoms with van der Waals surface area (Å²) in [5.41, 5.74) is 3.83. The predicted molar refractivity (Wildman–Crippen MR) is 99.9 cm³/mol. The molecule has 2 aliphatic rings. The molecule has 0 heterocycles. The fourth-order valence-electron chi connectivity index (χ4n) is 4.23. The monoisotopic (exact) mass is 326 g/mol. The highest BCUT2D eigenvalue weighted by Gasteiger charge is 2.45. The second kappa shape index (κ2) is 7.40. The normalized spacial score (nSPS) is 24.9. The summed E-state index contributed by atoms with van der Waals surface area (Å²) >= 11 is 0. The number of hydrogen-bond acceptors (Lipinski definition) is 2. The topological polar surface area (TPSA) is 47.6 Å². The highest BCUT2D eigenvalue weighted by molar-refractivity contribution is 5.50. The maximum absolute atomic E-state index is 9.91. The van der Waals surface area contributed by atoms with Crippen molar-refractivity contribution in [2.75, 3.05) is 0 Å². The van der Waals surface area contributed by atoms with Crippen molar-refractivity contribution < 1.29 is 0 Å². The Hall–Kier alpha value is -2.80. The Labute approximate surface area is 150 Å². The first-order valence-corrected chi connectivity index (χ1v) is 8.84. The van der Waals surface area contributed by atoms with Gasteiger partial charge in [0.2, 0.25) is 0 Å². The van der Waals surface area contributed by atoms with Crippen molar-refractivity contribution in [3.05, 3.63) is 72.0 Å². The zero-order valence-electron chi connectivity index (χ0n) is 14.4. The molecule has 2 aliphatic carbocycles. The largest absolute Gasteiger partial charge is 0.196 e. The van der Waals surface area contributed by atoms with Crippen molar-refractivity contribution in [1.82, 2.24) is 0 Å². The summed E-state index contributed by atoms with van der Waals surface area (Å²) in [7, 11) is 0. The SMILES string of the molecule is C=C=C[C@@H]1C(C(C#N)(C#N)C/C=C/c2ccccc2)=C[C@H]2CCC1C2. The van der Waals surface area contributed by atoms with E-state index < -0.39 is 5.41 Å². The van der Waals surface area contributed by atoms with Gasteiger partial charge in [-0.1, -0.05) is 55.1 Å². The van der Waals surface area contributed by atoms with Gasteiger partial charge < -0.3 is 0 Å². The zero-order chi connectivity index (χ0) is 17.7. The molecule has 124 valence electrons. The first kappa shape index (κ1) is 17.0. The number of nitrogens with zero attached hydrogens (tertiary/aromatic N) is 2. The summed E-state index contributed by atoms with van der Waals surface area (Å²) in [6.45, 7) is 3.72. The van der Waals surface area contributed by atoms with E-state index in [2.05, 4.69) is 30.5 Å². The number of benzene rings is 1. The molecule has 1 aromatic rings. The van der Waals surface area contributed by atoms with Gasteiger partial charge in [0.25, 0.3) is 0 Å². The minimum Gasteiger partial charge on any atom is -0.196 e. The molecule has 0 radical (unpaired) electrons. The molecule has 0 aromatic heterocycles. The quantitative estimate of drug-likeness (QED) is 0.534. The standard InChI is InChI=1S/C23H22N2/c1-2-7-21-20-12-11-19(14-20)15-22(21)23(16-24,17-25)13-6-10-18-8-4-3-5-9-18/h3-10,15,19-21H,1,11-14H2/b10-6+/t19-,20?,21-/m0/s1. The highest BCUT2D eigenvalue weighted by atomic mass is 14.5. The van der Waals surface area contributed by atoms with E-state index in [9.17, 15) is 10.5 Å². The van der Waals surface area contributed by atoms with Gasteiger partial charge in [0.15, 0.2) is 5.41 Å². The fraction of sp³-hybridized carbons (Fsp3) is 0.348. The van der Waals surface area contributed by atoms with E-state index in [1.165, 1.54) is 0 Å². The number of rotatable bonds is 5. The number of fused-ring (bicyclic) bond motifs is 2. The molecule has 2 bridgehead atoms. The van der Waals surface area contributed by atoms with E-state index in [0.29, 0.717) is 18.3 Å². The molecule has 2 heteroatoms. The van der Waals surface area contributed by atoms with Crippen molar-refractivity contribution >= 4 is 6.08 Å². The van der Waals surface area contributed by atoms with Gasteiger partial charge in [-0.15, -0.1) is 5.73 Å². The summed E-state index contributed by atoms with van der Waals surface area (Å²) in [5.74, 6) is 1.13. The first-order chi connectivity index (χ1) is 12.2. The summed E-state index contributed by atoms with van der Waals surface area (Å²) in [6.07, 6.45) is 12.0. The second-order valence-corrected chi connectivity index (χ2v) is 7.00. The number of allylic oxidation sites excluding steroid dienone is 4. The van der Waals surface area contributed by atoms with Crippen molar-refractivity contribution in [2.45, 2.75) is 25.7 Å². The molecule has 0 amide bonds. The lowest BCUT2D eigenvalue weighted by atomic mass is 9.67. The van der Waals surface area contributed by atoms with Crippen LogP contribution in [0.2, 0.25) is 0 Å². The van der Waals surface area contributed by atoms with E-state index in [4.69, 9.17) is 0 Å². The molecule has 2 nitrogen and oxygen atoms in total. The van der Waals surface area contributed by atoms with Crippen molar-refractivity contribution in [2.24, 2.45) is 23.2 Å². The Bertz CT molecular complexity index is 796. The highest BCUT2D eigenvalue weighted by Crippen LogP contribution is 2.51. The van der Waals surface area contributed by atoms with Gasteiger partial charge in [-0.25, -0.2) is 0 Å². The minimum atomic E-state index is -1.11. The molecule has 0 N–H and O–H groups in total. The average Bonchev–Trinajstić information content (AvgIpc) is 3.05. The molecular formula is C23H22N2. The van der Waals surface area contributed by atoms with Crippen LogP contribution in [0.1, 0.15) is 31.2 Å². The second-order valence-electron chi connectivity index (χ2n) is 7.00. The van der Waals surface area contributed by atoms with Gasteiger partial charge >= 0.3 is 0 Å². The van der Waals surface area contributed by atoms with Crippen LogP contribution in [0.25, 0.3) is 6.08 Å². The number of nitriles is 2. The molecule has 0 spiro atoms. The summed E-state index contributed by atoms with van der Waals surface area (Å²) in [5, 5.41) is 19.8. The van der Waals surface area contributed by atoms with Crippen LogP contribution in [-0.2, 0) is 0 Å². The molecule has 1 aromatic carbocycles. The lowest BCUT2D eigenvalue weighted by Crippen LogP contribution is -2.29. The summed E-state index contributed by atoms with van der Waals surface area (Å²) < 4.78 is 0. The molecule has 1 unspecified atom stereocenters. The zero-order valence-corrected chi connectivity index (χ0v) is 14.4. The van der Waals surface area contributed by atoms with Crippen LogP contribution < -0.4 is 0 Å². The van der Waals surface area contributed by atoms with E-state index in [0.717, 1.165) is 30.4 Å². The Morgan fingerprint density at radius 3 is 2.60 bits per heavy atom. The van der Waals surface area contributed by atoms with Crippen LogP contribution in [0, 0.1) is 45.8 Å². The van der Waals surface area contributed by atoms with E-state index >= 15 is 0 Å². The summed E-state index contributed by atoms with van der Waals surface area (Å²) in [6, 6.07) is 14.6. The molecule has 25 heavy (non-hydrogen) atoms. The van der Waals surface area contributed by atoms with Gasteiger partial charge in [-0.05, 0) is 48.3 Å². The number of hydrogen-bond donors (Lipinski definition) is 0. The van der Waals surface area contributed by atoms with E-state index in [-0.39, 0.29) is 5.92 Å². The van der Waals surface area contributed by atoms with Crippen LogP contribution in [-0.4, -0.2) is 0 Å². The van der Waals surface area contributed by atoms with Gasteiger partial charge in [0.1, 0.15) is 0 Å². The molecule has 3 rings (SSSR count). The van der Waals surface area contributed by atoms with Crippen molar-refractivity contribution in [1.29, 1.82) is 10.5 Å². The van der Waals surface area contributed by atoms with Gasteiger partial charge in [0, 0.05) is 12.3 Å². The third kappa shape index (κ3) is 3.36. The van der Waals surface area contributed by atoms with E-state index in [1.807, 2.05) is 48.6 Å². The van der Waals surface area contributed by atoms with Gasteiger partial charge in [-0.2, -0.15) is 10.5 Å². The average molecular weight is 326 g/mol. The van der Waals surface area contributed by atoms with Crippen LogP contribution in [0.4, 0.5) is 0 Å². The third-order valence-electron chi connectivity index (χ3n) is 5.50. The van der Waals surface area contributed by atoms with Crippen molar-refractivity contribution in [3.8, 4) is 12.1 Å². The minimum absolute atomic E-state index is 0.112. The molecule has 0 saturated heterocycles. The smallest absolute Gasteiger partial charge is 0.168 e. The van der Waals surface area contributed by atoms with Crippen LogP contribution >= 0.6 is 0 Å². The fourth-order valence-corrected chi connectivity index (χ4v) is 4.23. The Morgan fingerprint density at radius 2 is 1.92 bits per heavy atom. The molecule has 0 aliphatic heterocycles. The van der Waals surface area contributed by atoms with Gasteiger partial charge in [0.05, 0.1) is 12.1 Å². The van der Waals surface area contributed by atoms with Crippen LogP contribution in [0.3, 0.4) is 0 Å². The Kier molecular flexibility index (Phi) is 5.04. The maximum atomic E-state index is 9.91. The van der Waals surface area contributed by atoms with E-state index in [1.54, 1.807) is 0 Å².